The summed E-state index contributed by atoms with van der Waals surface area (Å²) in [6, 6.07) is 3.72. The minimum Gasteiger partial charge on any atom is -0.316 e. The summed E-state index contributed by atoms with van der Waals surface area (Å²) in [5, 5.41) is 3.39. The Hall–Kier alpha value is -0.410. The van der Waals surface area contributed by atoms with Crippen molar-refractivity contribution in [2.24, 2.45) is 5.92 Å². The van der Waals surface area contributed by atoms with Gasteiger partial charge in [0, 0.05) is 4.47 Å². The summed E-state index contributed by atoms with van der Waals surface area (Å²) in [6.07, 6.45) is 3.46. The van der Waals surface area contributed by atoms with E-state index in [1.807, 2.05) is 6.07 Å². The van der Waals surface area contributed by atoms with Crippen molar-refractivity contribution in [2.75, 3.05) is 13.1 Å². The van der Waals surface area contributed by atoms with E-state index in [-0.39, 0.29) is 5.82 Å². The zero-order chi connectivity index (χ0) is 11.5. The van der Waals surface area contributed by atoms with Crippen LogP contribution >= 0.6 is 15.9 Å². The Kier molecular flexibility index (Phi) is 3.98. The smallest absolute Gasteiger partial charge is 0.127 e. The molecule has 1 saturated heterocycles. The number of piperidine rings is 1. The van der Waals surface area contributed by atoms with Crippen LogP contribution in [0.25, 0.3) is 0 Å². The minimum absolute atomic E-state index is 0.104. The molecule has 1 aromatic carbocycles. The van der Waals surface area contributed by atoms with Crippen molar-refractivity contribution in [3.05, 3.63) is 33.5 Å². The molecule has 1 fully saturated rings. The van der Waals surface area contributed by atoms with Gasteiger partial charge in [0.25, 0.3) is 0 Å². The molecule has 1 aliphatic heterocycles. The van der Waals surface area contributed by atoms with Crippen LogP contribution in [0.1, 0.15) is 24.0 Å². The van der Waals surface area contributed by atoms with E-state index in [9.17, 15) is 4.39 Å². The van der Waals surface area contributed by atoms with E-state index in [1.54, 1.807) is 13.0 Å². The van der Waals surface area contributed by atoms with Gasteiger partial charge < -0.3 is 5.32 Å². The maximum Gasteiger partial charge on any atom is 0.127 e. The van der Waals surface area contributed by atoms with Crippen LogP contribution in [-0.2, 0) is 6.42 Å². The van der Waals surface area contributed by atoms with Crippen LogP contribution in [0.3, 0.4) is 0 Å². The van der Waals surface area contributed by atoms with Crippen LogP contribution < -0.4 is 5.32 Å². The lowest BCUT2D eigenvalue weighted by Gasteiger charge is -2.22. The van der Waals surface area contributed by atoms with E-state index in [0.29, 0.717) is 11.5 Å². The summed E-state index contributed by atoms with van der Waals surface area (Å²) < 4.78 is 14.4. The van der Waals surface area contributed by atoms with E-state index in [4.69, 9.17) is 0 Å². The highest BCUT2D eigenvalue weighted by molar-refractivity contribution is 9.10. The van der Waals surface area contributed by atoms with Gasteiger partial charge in [0.15, 0.2) is 0 Å². The van der Waals surface area contributed by atoms with Crippen molar-refractivity contribution in [1.82, 2.24) is 5.32 Å². The first-order valence-corrected chi connectivity index (χ1v) is 6.61. The molecule has 1 unspecified atom stereocenters. The van der Waals surface area contributed by atoms with Gasteiger partial charge >= 0.3 is 0 Å². The van der Waals surface area contributed by atoms with Crippen molar-refractivity contribution < 1.29 is 4.39 Å². The molecule has 1 heterocycles. The minimum atomic E-state index is -0.104. The predicted octanol–water partition coefficient (Wildman–Crippen LogP) is 3.44. The molecule has 0 aliphatic carbocycles. The van der Waals surface area contributed by atoms with E-state index < -0.39 is 0 Å². The number of hydrogen-bond acceptors (Lipinski definition) is 1. The average Bonchev–Trinajstić information content (AvgIpc) is 2.27. The zero-order valence-corrected chi connectivity index (χ0v) is 11.1. The summed E-state index contributed by atoms with van der Waals surface area (Å²) >= 11 is 3.41. The molecule has 3 heteroatoms. The molecule has 1 aromatic rings. The van der Waals surface area contributed by atoms with Crippen LogP contribution in [0.4, 0.5) is 4.39 Å². The molecule has 88 valence electrons. The maximum atomic E-state index is 13.5. The Morgan fingerprint density at radius 1 is 1.50 bits per heavy atom. The highest BCUT2D eigenvalue weighted by Gasteiger charge is 2.14. The quantitative estimate of drug-likeness (QED) is 0.878. The first kappa shape index (κ1) is 12.1. The highest BCUT2D eigenvalue weighted by atomic mass is 79.9. The number of rotatable bonds is 2. The molecule has 1 aliphatic rings. The molecule has 2 rings (SSSR count). The van der Waals surface area contributed by atoms with Crippen molar-refractivity contribution in [2.45, 2.75) is 26.2 Å². The topological polar surface area (TPSA) is 12.0 Å². The largest absolute Gasteiger partial charge is 0.316 e. The highest BCUT2D eigenvalue weighted by Crippen LogP contribution is 2.24. The first-order chi connectivity index (χ1) is 7.66. The molecule has 0 saturated carbocycles. The molecule has 1 nitrogen and oxygen atoms in total. The van der Waals surface area contributed by atoms with Gasteiger partial charge in [-0.05, 0) is 68.5 Å². The Labute approximate surface area is 105 Å². The van der Waals surface area contributed by atoms with Gasteiger partial charge in [0.2, 0.25) is 0 Å². The first-order valence-electron chi connectivity index (χ1n) is 5.82. The SMILES string of the molecule is Cc1c(F)cc(CC2CCCNC2)cc1Br. The number of benzene rings is 1. The normalized spacial score (nSPS) is 21.1. The fourth-order valence-electron chi connectivity index (χ4n) is 2.25. The Balaban J connectivity index is 2.09. The molecule has 0 aromatic heterocycles. The van der Waals surface area contributed by atoms with Gasteiger partial charge in [0.05, 0.1) is 0 Å². The second kappa shape index (κ2) is 5.28. The van der Waals surface area contributed by atoms with Crippen molar-refractivity contribution in [1.29, 1.82) is 0 Å². The van der Waals surface area contributed by atoms with E-state index in [2.05, 4.69) is 21.2 Å². The lowest BCUT2D eigenvalue weighted by atomic mass is 9.92. The van der Waals surface area contributed by atoms with Gasteiger partial charge in [-0.15, -0.1) is 0 Å². The van der Waals surface area contributed by atoms with Crippen LogP contribution in [0.15, 0.2) is 16.6 Å². The van der Waals surface area contributed by atoms with Gasteiger partial charge in [0.1, 0.15) is 5.82 Å². The third-order valence-electron chi connectivity index (χ3n) is 3.26. The van der Waals surface area contributed by atoms with E-state index >= 15 is 0 Å². The Bertz CT molecular complexity index is 349. The van der Waals surface area contributed by atoms with Crippen molar-refractivity contribution in [3.8, 4) is 0 Å². The van der Waals surface area contributed by atoms with Crippen LogP contribution in [-0.4, -0.2) is 13.1 Å². The summed E-state index contributed by atoms with van der Waals surface area (Å²) in [5.74, 6) is 0.552. The molecule has 0 radical (unpaired) electrons. The van der Waals surface area contributed by atoms with Gasteiger partial charge in [-0.2, -0.15) is 0 Å². The molecular formula is C13H17BrFN. The second-order valence-electron chi connectivity index (χ2n) is 4.60. The maximum absolute atomic E-state index is 13.5. The van der Waals surface area contributed by atoms with Gasteiger partial charge in [-0.3, -0.25) is 0 Å². The standard InChI is InChI=1S/C13H17BrFN/c1-9-12(14)6-11(7-13(9)15)5-10-3-2-4-16-8-10/h6-7,10,16H,2-5,8H2,1H3. The molecule has 1 N–H and O–H groups in total. The van der Waals surface area contributed by atoms with Crippen molar-refractivity contribution in [3.63, 3.8) is 0 Å². The fraction of sp³-hybridized carbons (Fsp3) is 0.538. The molecule has 0 spiro atoms. The molecule has 1 atom stereocenters. The summed E-state index contributed by atoms with van der Waals surface area (Å²) in [7, 11) is 0. The zero-order valence-electron chi connectivity index (χ0n) is 9.52. The molecule has 16 heavy (non-hydrogen) atoms. The lowest BCUT2D eigenvalue weighted by Crippen LogP contribution is -2.30. The molecule has 0 bridgehead atoms. The fourth-order valence-corrected chi connectivity index (χ4v) is 2.73. The lowest BCUT2D eigenvalue weighted by molar-refractivity contribution is 0.375. The third kappa shape index (κ3) is 2.83. The Morgan fingerprint density at radius 3 is 2.94 bits per heavy atom. The van der Waals surface area contributed by atoms with E-state index in [1.165, 1.54) is 12.8 Å². The third-order valence-corrected chi connectivity index (χ3v) is 4.09. The number of nitrogens with one attached hydrogen (secondary N) is 1. The Morgan fingerprint density at radius 2 is 2.31 bits per heavy atom. The van der Waals surface area contributed by atoms with E-state index in [0.717, 1.165) is 29.5 Å². The summed E-state index contributed by atoms with van der Waals surface area (Å²) in [4.78, 5) is 0. The van der Waals surface area contributed by atoms with Gasteiger partial charge in [-0.1, -0.05) is 15.9 Å². The summed E-state index contributed by atoms with van der Waals surface area (Å²) in [6.45, 7) is 3.99. The van der Waals surface area contributed by atoms with Crippen LogP contribution in [0, 0.1) is 18.7 Å². The number of halogens is 2. The van der Waals surface area contributed by atoms with Crippen molar-refractivity contribution >= 4 is 15.9 Å². The van der Waals surface area contributed by atoms with Crippen LogP contribution in [0.2, 0.25) is 0 Å². The average molecular weight is 286 g/mol. The second-order valence-corrected chi connectivity index (χ2v) is 5.46. The monoisotopic (exact) mass is 285 g/mol. The summed E-state index contributed by atoms with van der Waals surface area (Å²) in [5.41, 5.74) is 1.80. The van der Waals surface area contributed by atoms with Gasteiger partial charge in [-0.25, -0.2) is 4.39 Å². The molecule has 0 amide bonds. The predicted molar refractivity (Wildman–Crippen MR) is 68.1 cm³/mol. The molecular weight excluding hydrogens is 269 g/mol. The van der Waals surface area contributed by atoms with Crippen LogP contribution in [0.5, 0.6) is 0 Å². The number of hydrogen-bond donors (Lipinski definition) is 1.